The highest BCUT2D eigenvalue weighted by Gasteiger charge is 2.07. The van der Waals surface area contributed by atoms with E-state index in [1.807, 2.05) is 0 Å². The molecular weight excluding hydrogens is 218 g/mol. The van der Waals surface area contributed by atoms with Crippen LogP contribution in [0.2, 0.25) is 0 Å². The SMILES string of the molecule is CCCCCOC(=O)CCC(=O)CNCl. The third-order valence-electron chi connectivity index (χ3n) is 1.88. The number of ketones is 1. The van der Waals surface area contributed by atoms with E-state index in [0.717, 1.165) is 19.3 Å². The second-order valence-electron chi connectivity index (χ2n) is 3.28. The van der Waals surface area contributed by atoms with Crippen molar-refractivity contribution in [2.24, 2.45) is 0 Å². The van der Waals surface area contributed by atoms with Crippen LogP contribution in [0.25, 0.3) is 0 Å². The zero-order valence-corrected chi connectivity index (χ0v) is 9.81. The number of hydrogen-bond donors (Lipinski definition) is 1. The second kappa shape index (κ2) is 9.93. The molecule has 1 N–H and O–H groups in total. The lowest BCUT2D eigenvalue weighted by atomic mass is 10.2. The van der Waals surface area contributed by atoms with E-state index in [-0.39, 0.29) is 31.1 Å². The molecule has 4 nitrogen and oxygen atoms in total. The molecule has 0 bridgehead atoms. The fraction of sp³-hybridized carbons (Fsp3) is 0.800. The minimum Gasteiger partial charge on any atom is -0.466 e. The summed E-state index contributed by atoms with van der Waals surface area (Å²) in [5, 5.41) is 0. The molecule has 0 amide bonds. The number of halogens is 1. The Balaban J connectivity index is 3.36. The Morgan fingerprint density at radius 1 is 1.27 bits per heavy atom. The molecule has 0 aliphatic rings. The van der Waals surface area contributed by atoms with Crippen LogP contribution in [0.4, 0.5) is 0 Å². The molecule has 0 unspecified atom stereocenters. The van der Waals surface area contributed by atoms with Crippen LogP contribution in [0.15, 0.2) is 0 Å². The molecular formula is C10H18ClNO3. The van der Waals surface area contributed by atoms with E-state index < -0.39 is 0 Å². The predicted molar refractivity (Wildman–Crippen MR) is 58.6 cm³/mol. The van der Waals surface area contributed by atoms with Crippen LogP contribution >= 0.6 is 11.8 Å². The highest BCUT2D eigenvalue weighted by molar-refractivity contribution is 6.14. The third kappa shape index (κ3) is 9.69. The van der Waals surface area contributed by atoms with Gasteiger partial charge in [0, 0.05) is 6.42 Å². The molecule has 0 spiro atoms. The first-order valence-electron chi connectivity index (χ1n) is 5.21. The number of rotatable bonds is 9. The van der Waals surface area contributed by atoms with Gasteiger partial charge < -0.3 is 4.74 Å². The fourth-order valence-corrected chi connectivity index (χ4v) is 1.16. The van der Waals surface area contributed by atoms with Gasteiger partial charge in [0.1, 0.15) is 5.78 Å². The van der Waals surface area contributed by atoms with Crippen molar-refractivity contribution in [3.8, 4) is 0 Å². The lowest BCUT2D eigenvalue weighted by molar-refractivity contribution is -0.144. The normalized spacial score (nSPS) is 10.0. The van der Waals surface area contributed by atoms with Crippen LogP contribution < -0.4 is 4.84 Å². The molecule has 0 radical (unpaired) electrons. The van der Waals surface area contributed by atoms with Gasteiger partial charge in [0.2, 0.25) is 0 Å². The highest BCUT2D eigenvalue weighted by atomic mass is 35.5. The van der Waals surface area contributed by atoms with E-state index in [2.05, 4.69) is 11.8 Å². The molecule has 88 valence electrons. The summed E-state index contributed by atoms with van der Waals surface area (Å²) in [5.41, 5.74) is 0. The van der Waals surface area contributed by atoms with Gasteiger partial charge >= 0.3 is 5.97 Å². The summed E-state index contributed by atoms with van der Waals surface area (Å²) in [6.07, 6.45) is 3.37. The number of unbranched alkanes of at least 4 members (excludes halogenated alkanes) is 2. The summed E-state index contributed by atoms with van der Waals surface area (Å²) in [6, 6.07) is 0. The van der Waals surface area contributed by atoms with E-state index in [1.54, 1.807) is 0 Å². The molecule has 0 fully saturated rings. The van der Waals surface area contributed by atoms with Crippen LogP contribution in [-0.2, 0) is 14.3 Å². The van der Waals surface area contributed by atoms with Gasteiger partial charge in [-0.15, -0.1) is 0 Å². The molecule has 0 heterocycles. The van der Waals surface area contributed by atoms with Crippen molar-refractivity contribution in [1.29, 1.82) is 0 Å². The molecule has 0 saturated carbocycles. The summed E-state index contributed by atoms with van der Waals surface area (Å²) in [4.78, 5) is 24.3. The van der Waals surface area contributed by atoms with Crippen molar-refractivity contribution < 1.29 is 14.3 Å². The van der Waals surface area contributed by atoms with Crippen molar-refractivity contribution in [3.63, 3.8) is 0 Å². The Kier molecular flexibility index (Phi) is 9.52. The van der Waals surface area contributed by atoms with Gasteiger partial charge in [-0.2, -0.15) is 0 Å². The summed E-state index contributed by atoms with van der Waals surface area (Å²) in [7, 11) is 0. The molecule has 0 aromatic carbocycles. The average Bonchev–Trinajstić information content (AvgIpc) is 2.22. The lowest BCUT2D eigenvalue weighted by Crippen LogP contribution is -2.16. The van der Waals surface area contributed by atoms with E-state index in [0.29, 0.717) is 6.61 Å². The van der Waals surface area contributed by atoms with Crippen molar-refractivity contribution in [3.05, 3.63) is 0 Å². The smallest absolute Gasteiger partial charge is 0.306 e. The maximum Gasteiger partial charge on any atom is 0.306 e. The quantitative estimate of drug-likeness (QED) is 0.376. The number of hydrogen-bond acceptors (Lipinski definition) is 4. The Morgan fingerprint density at radius 2 is 2.00 bits per heavy atom. The van der Waals surface area contributed by atoms with Gasteiger partial charge in [0.25, 0.3) is 0 Å². The number of ether oxygens (including phenoxy) is 1. The van der Waals surface area contributed by atoms with Gasteiger partial charge in [-0.3, -0.25) is 9.59 Å². The molecule has 0 aliphatic carbocycles. The standard InChI is InChI=1S/C10H18ClNO3/c1-2-3-4-7-15-10(14)6-5-9(13)8-12-11/h12H,2-8H2,1H3. The monoisotopic (exact) mass is 235 g/mol. The summed E-state index contributed by atoms with van der Waals surface area (Å²) in [6.45, 7) is 2.62. The maximum atomic E-state index is 11.1. The Labute approximate surface area is 95.4 Å². The first kappa shape index (κ1) is 14.4. The fourth-order valence-electron chi connectivity index (χ4n) is 1.01. The molecule has 0 aromatic heterocycles. The third-order valence-corrected chi connectivity index (χ3v) is 2.02. The van der Waals surface area contributed by atoms with E-state index in [1.165, 1.54) is 0 Å². The van der Waals surface area contributed by atoms with E-state index >= 15 is 0 Å². The summed E-state index contributed by atoms with van der Waals surface area (Å²) < 4.78 is 4.93. The summed E-state index contributed by atoms with van der Waals surface area (Å²) in [5.74, 6) is -0.399. The predicted octanol–water partition coefficient (Wildman–Crippen LogP) is 1.81. The molecule has 0 aliphatic heterocycles. The van der Waals surface area contributed by atoms with Crippen LogP contribution in [0, 0.1) is 0 Å². The van der Waals surface area contributed by atoms with Crippen molar-refractivity contribution >= 4 is 23.5 Å². The van der Waals surface area contributed by atoms with Crippen LogP contribution in [0.5, 0.6) is 0 Å². The topological polar surface area (TPSA) is 55.4 Å². The first-order chi connectivity index (χ1) is 7.20. The van der Waals surface area contributed by atoms with Crippen LogP contribution in [0.1, 0.15) is 39.0 Å². The molecule has 0 aromatic rings. The number of carbonyl (C=O) groups is 2. The van der Waals surface area contributed by atoms with Gasteiger partial charge in [0.15, 0.2) is 0 Å². The number of Topliss-reactive ketones (excluding diaryl/α,β-unsaturated/α-hetero) is 1. The number of nitrogens with one attached hydrogen (secondary N) is 1. The number of carbonyl (C=O) groups excluding carboxylic acids is 2. The molecule has 0 rings (SSSR count). The Morgan fingerprint density at radius 3 is 2.60 bits per heavy atom. The van der Waals surface area contributed by atoms with Crippen LogP contribution in [-0.4, -0.2) is 24.9 Å². The van der Waals surface area contributed by atoms with Crippen molar-refractivity contribution in [2.45, 2.75) is 39.0 Å². The molecule has 0 saturated heterocycles. The van der Waals surface area contributed by atoms with Gasteiger partial charge in [-0.25, -0.2) is 4.84 Å². The van der Waals surface area contributed by atoms with Crippen molar-refractivity contribution in [2.75, 3.05) is 13.2 Å². The van der Waals surface area contributed by atoms with Gasteiger partial charge in [-0.1, -0.05) is 19.8 Å². The Hall–Kier alpha value is -0.610. The molecule has 15 heavy (non-hydrogen) atoms. The molecule has 0 atom stereocenters. The average molecular weight is 236 g/mol. The lowest BCUT2D eigenvalue weighted by Gasteiger charge is -2.03. The minimum atomic E-state index is -0.311. The molecule has 5 heteroatoms. The van der Waals surface area contributed by atoms with Gasteiger partial charge in [-0.05, 0) is 18.2 Å². The summed E-state index contributed by atoms with van der Waals surface area (Å²) >= 11 is 5.14. The van der Waals surface area contributed by atoms with Crippen molar-refractivity contribution in [1.82, 2.24) is 4.84 Å². The number of esters is 1. The maximum absolute atomic E-state index is 11.1. The van der Waals surface area contributed by atoms with E-state index in [9.17, 15) is 9.59 Å². The highest BCUT2D eigenvalue weighted by Crippen LogP contribution is 1.98. The zero-order chi connectivity index (χ0) is 11.5. The first-order valence-corrected chi connectivity index (χ1v) is 5.59. The Bertz CT molecular complexity index is 197. The largest absolute Gasteiger partial charge is 0.466 e. The van der Waals surface area contributed by atoms with E-state index in [4.69, 9.17) is 16.5 Å². The van der Waals surface area contributed by atoms with Gasteiger partial charge in [0.05, 0.1) is 19.6 Å². The second-order valence-corrected chi connectivity index (χ2v) is 3.54. The zero-order valence-electron chi connectivity index (χ0n) is 9.05. The van der Waals surface area contributed by atoms with Crippen LogP contribution in [0.3, 0.4) is 0 Å². The minimum absolute atomic E-state index is 0.0875.